The van der Waals surface area contributed by atoms with Gasteiger partial charge in [0.15, 0.2) is 0 Å². The van der Waals surface area contributed by atoms with Crippen molar-refractivity contribution in [3.8, 4) is 0 Å². The van der Waals surface area contributed by atoms with Gasteiger partial charge in [-0.2, -0.15) is 0 Å². The molecule has 0 unspecified atom stereocenters. The summed E-state index contributed by atoms with van der Waals surface area (Å²) < 4.78 is 0. The first kappa shape index (κ1) is 11.5. The highest BCUT2D eigenvalue weighted by Gasteiger charge is 2.13. The molecule has 0 amide bonds. The maximum absolute atomic E-state index is 10.7. The van der Waals surface area contributed by atoms with E-state index in [1.54, 1.807) is 11.3 Å². The van der Waals surface area contributed by atoms with Crippen molar-refractivity contribution in [3.63, 3.8) is 0 Å². The minimum atomic E-state index is -0.457. The van der Waals surface area contributed by atoms with Crippen LogP contribution in [-0.2, 0) is 6.54 Å². The minimum absolute atomic E-state index is 0.0283. The van der Waals surface area contributed by atoms with Crippen LogP contribution in [0.5, 0.6) is 0 Å². The molecule has 2 heterocycles. The van der Waals surface area contributed by atoms with E-state index in [1.165, 1.54) is 18.3 Å². The number of thiazole rings is 1. The second-order valence-corrected chi connectivity index (χ2v) is 4.40. The summed E-state index contributed by atoms with van der Waals surface area (Å²) in [5.41, 5.74) is 0.826. The van der Waals surface area contributed by atoms with Crippen molar-refractivity contribution in [1.29, 1.82) is 0 Å². The van der Waals surface area contributed by atoms with Crippen LogP contribution in [-0.4, -0.2) is 14.9 Å². The molecule has 0 saturated carbocycles. The third kappa shape index (κ3) is 2.76. The average molecular weight is 250 g/mol. The highest BCUT2D eigenvalue weighted by molar-refractivity contribution is 7.09. The fraction of sp³-hybridized carbons (Fsp3) is 0.200. The highest BCUT2D eigenvalue weighted by Crippen LogP contribution is 2.21. The number of aromatic nitrogens is 2. The zero-order valence-corrected chi connectivity index (χ0v) is 9.90. The molecule has 7 heteroatoms. The smallest absolute Gasteiger partial charge is 0.311 e. The van der Waals surface area contributed by atoms with E-state index >= 15 is 0 Å². The Balaban J connectivity index is 2.11. The summed E-state index contributed by atoms with van der Waals surface area (Å²) in [5, 5.41) is 16.5. The summed E-state index contributed by atoms with van der Waals surface area (Å²) in [6.07, 6.45) is 1.52. The second kappa shape index (κ2) is 4.88. The van der Waals surface area contributed by atoms with E-state index in [-0.39, 0.29) is 11.5 Å². The highest BCUT2D eigenvalue weighted by atomic mass is 32.1. The Hall–Kier alpha value is -2.02. The van der Waals surface area contributed by atoms with Crippen LogP contribution >= 0.6 is 11.3 Å². The van der Waals surface area contributed by atoms with Gasteiger partial charge in [0.2, 0.25) is 5.82 Å². The standard InChI is InChI=1S/C10H10N4O2S/c1-7-13-8(6-17-7)5-12-10-9(14(15)16)3-2-4-11-10/h2-4,6H,5H2,1H3,(H,11,12). The van der Waals surface area contributed by atoms with Gasteiger partial charge in [-0.1, -0.05) is 0 Å². The first-order chi connectivity index (χ1) is 8.16. The van der Waals surface area contributed by atoms with Gasteiger partial charge < -0.3 is 5.32 Å². The third-order valence-electron chi connectivity index (χ3n) is 2.09. The largest absolute Gasteiger partial charge is 0.359 e. The molecule has 0 fully saturated rings. The van der Waals surface area contributed by atoms with E-state index in [0.29, 0.717) is 6.54 Å². The van der Waals surface area contributed by atoms with Crippen LogP contribution in [0.1, 0.15) is 10.7 Å². The number of nitrogens with zero attached hydrogens (tertiary/aromatic N) is 3. The van der Waals surface area contributed by atoms with Gasteiger partial charge in [-0.05, 0) is 13.0 Å². The lowest BCUT2D eigenvalue weighted by atomic mass is 10.4. The SMILES string of the molecule is Cc1nc(CNc2ncccc2[N+](=O)[O-])cs1. The fourth-order valence-corrected chi connectivity index (χ4v) is 1.96. The quantitative estimate of drug-likeness (QED) is 0.665. The molecule has 0 atom stereocenters. The fourth-order valence-electron chi connectivity index (χ4n) is 1.34. The molecule has 0 radical (unpaired) electrons. The molecule has 17 heavy (non-hydrogen) atoms. The molecule has 0 aromatic carbocycles. The Labute approximate surface area is 102 Å². The van der Waals surface area contributed by atoms with Crippen LogP contribution in [0.4, 0.5) is 11.5 Å². The van der Waals surface area contributed by atoms with Gasteiger partial charge in [0.25, 0.3) is 0 Å². The van der Waals surface area contributed by atoms with E-state index in [9.17, 15) is 10.1 Å². The number of pyridine rings is 1. The van der Waals surface area contributed by atoms with E-state index in [0.717, 1.165) is 10.7 Å². The van der Waals surface area contributed by atoms with Gasteiger partial charge in [0.05, 0.1) is 22.2 Å². The van der Waals surface area contributed by atoms with Crippen LogP contribution < -0.4 is 5.32 Å². The van der Waals surface area contributed by atoms with Gasteiger partial charge in [-0.25, -0.2) is 9.97 Å². The van der Waals surface area contributed by atoms with E-state index in [2.05, 4.69) is 15.3 Å². The molecule has 0 saturated heterocycles. The average Bonchev–Trinajstić information content (AvgIpc) is 2.73. The molecular weight excluding hydrogens is 240 g/mol. The molecule has 0 aliphatic carbocycles. The van der Waals surface area contributed by atoms with Gasteiger partial charge >= 0.3 is 5.69 Å². The summed E-state index contributed by atoms with van der Waals surface area (Å²) in [7, 11) is 0. The molecule has 6 nitrogen and oxygen atoms in total. The number of hydrogen-bond acceptors (Lipinski definition) is 6. The molecule has 2 aromatic heterocycles. The molecular formula is C10H10N4O2S. The lowest BCUT2D eigenvalue weighted by Gasteiger charge is -2.03. The Morgan fingerprint density at radius 1 is 1.59 bits per heavy atom. The molecule has 2 rings (SSSR count). The minimum Gasteiger partial charge on any atom is -0.359 e. The molecule has 1 N–H and O–H groups in total. The normalized spacial score (nSPS) is 10.2. The number of anilines is 1. The topological polar surface area (TPSA) is 81.0 Å². The van der Waals surface area contributed by atoms with Crippen molar-refractivity contribution in [2.24, 2.45) is 0 Å². The zero-order chi connectivity index (χ0) is 12.3. The third-order valence-corrected chi connectivity index (χ3v) is 2.91. The number of rotatable bonds is 4. The predicted octanol–water partition coefficient (Wildman–Crippen LogP) is 2.37. The van der Waals surface area contributed by atoms with Crippen LogP contribution in [0.2, 0.25) is 0 Å². The van der Waals surface area contributed by atoms with Gasteiger partial charge in [0.1, 0.15) is 0 Å². The van der Waals surface area contributed by atoms with Gasteiger partial charge in [0, 0.05) is 17.6 Å². The van der Waals surface area contributed by atoms with Crippen LogP contribution in [0, 0.1) is 17.0 Å². The first-order valence-corrected chi connectivity index (χ1v) is 5.79. The van der Waals surface area contributed by atoms with Crippen LogP contribution in [0.3, 0.4) is 0 Å². The maximum Gasteiger partial charge on any atom is 0.311 e. The van der Waals surface area contributed by atoms with E-state index in [4.69, 9.17) is 0 Å². The van der Waals surface area contributed by atoms with E-state index in [1.807, 2.05) is 12.3 Å². The van der Waals surface area contributed by atoms with Crippen molar-refractivity contribution in [2.45, 2.75) is 13.5 Å². The maximum atomic E-state index is 10.7. The lowest BCUT2D eigenvalue weighted by Crippen LogP contribution is -2.04. The number of hydrogen-bond donors (Lipinski definition) is 1. The molecule has 0 aliphatic heterocycles. The zero-order valence-electron chi connectivity index (χ0n) is 9.08. The number of aryl methyl sites for hydroxylation is 1. The second-order valence-electron chi connectivity index (χ2n) is 3.34. The number of nitrogens with one attached hydrogen (secondary N) is 1. The number of nitro groups is 1. The molecule has 0 aliphatic rings. The van der Waals surface area contributed by atoms with Gasteiger partial charge in [-0.3, -0.25) is 10.1 Å². The molecule has 2 aromatic rings. The Kier molecular flexibility index (Phi) is 3.29. The van der Waals surface area contributed by atoms with Crippen molar-refractivity contribution in [3.05, 3.63) is 44.5 Å². The summed E-state index contributed by atoms with van der Waals surface area (Å²) in [6, 6.07) is 2.96. The van der Waals surface area contributed by atoms with Crippen LogP contribution in [0.25, 0.3) is 0 Å². The summed E-state index contributed by atoms with van der Waals surface area (Å²) in [4.78, 5) is 18.5. The summed E-state index contributed by atoms with van der Waals surface area (Å²) in [5.74, 6) is 0.267. The van der Waals surface area contributed by atoms with Crippen LogP contribution in [0.15, 0.2) is 23.7 Å². The Morgan fingerprint density at radius 3 is 3.06 bits per heavy atom. The van der Waals surface area contributed by atoms with Crippen molar-refractivity contribution >= 4 is 22.8 Å². The monoisotopic (exact) mass is 250 g/mol. The Morgan fingerprint density at radius 2 is 2.41 bits per heavy atom. The van der Waals surface area contributed by atoms with E-state index < -0.39 is 4.92 Å². The van der Waals surface area contributed by atoms with Crippen molar-refractivity contribution in [1.82, 2.24) is 9.97 Å². The Bertz CT molecular complexity index is 541. The lowest BCUT2D eigenvalue weighted by molar-refractivity contribution is -0.384. The first-order valence-electron chi connectivity index (χ1n) is 4.91. The summed E-state index contributed by atoms with van der Waals surface area (Å²) >= 11 is 1.54. The van der Waals surface area contributed by atoms with Crippen molar-refractivity contribution < 1.29 is 4.92 Å². The van der Waals surface area contributed by atoms with Gasteiger partial charge in [-0.15, -0.1) is 11.3 Å². The summed E-state index contributed by atoms with van der Waals surface area (Å²) in [6.45, 7) is 2.35. The molecule has 0 spiro atoms. The predicted molar refractivity (Wildman–Crippen MR) is 65.1 cm³/mol. The molecule has 0 bridgehead atoms. The van der Waals surface area contributed by atoms with Crippen molar-refractivity contribution in [2.75, 3.05) is 5.32 Å². The molecule has 88 valence electrons.